The zero-order valence-corrected chi connectivity index (χ0v) is 13.9. The first-order chi connectivity index (χ1) is 8.61. The van der Waals surface area contributed by atoms with Gasteiger partial charge in [0, 0.05) is 12.0 Å². The highest BCUT2D eigenvalue weighted by molar-refractivity contribution is 7.71. The van der Waals surface area contributed by atoms with E-state index in [-0.39, 0.29) is 0 Å². The van der Waals surface area contributed by atoms with Gasteiger partial charge in [0.1, 0.15) is 5.82 Å². The Bertz CT molecular complexity index is 492. The Kier molecular flexibility index (Phi) is 3.67. The molecule has 0 radical (unpaired) electrons. The molecule has 0 bridgehead atoms. The zero-order valence-electron chi connectivity index (χ0n) is 13.1. The van der Waals surface area contributed by atoms with Crippen molar-refractivity contribution < 1.29 is 0 Å². The summed E-state index contributed by atoms with van der Waals surface area (Å²) in [6, 6.07) is 0.474. The van der Waals surface area contributed by atoms with E-state index >= 15 is 0 Å². The Morgan fingerprint density at radius 3 is 2.21 bits per heavy atom. The fourth-order valence-corrected chi connectivity index (χ4v) is 4.34. The zero-order chi connectivity index (χ0) is 14.4. The van der Waals surface area contributed by atoms with E-state index < -0.39 is 0 Å². The summed E-state index contributed by atoms with van der Waals surface area (Å²) >= 11 is 5.47. The van der Waals surface area contributed by atoms with Gasteiger partial charge in [-0.25, -0.2) is 0 Å². The lowest BCUT2D eigenvalue weighted by Crippen LogP contribution is -2.35. The highest BCUT2D eigenvalue weighted by Gasteiger charge is 2.40. The van der Waals surface area contributed by atoms with E-state index in [0.29, 0.717) is 22.8 Å². The van der Waals surface area contributed by atoms with Crippen LogP contribution in [0.1, 0.15) is 78.6 Å². The van der Waals surface area contributed by atoms with Crippen LogP contribution in [0.15, 0.2) is 0 Å². The fourth-order valence-electron chi connectivity index (χ4n) is 4.05. The average molecular weight is 281 g/mol. The molecule has 0 aromatic carbocycles. The molecule has 0 unspecified atom stereocenters. The molecule has 1 N–H and O–H groups in total. The third-order valence-corrected chi connectivity index (χ3v) is 4.43. The van der Waals surface area contributed by atoms with Gasteiger partial charge in [0.25, 0.3) is 0 Å². The lowest BCUT2D eigenvalue weighted by molar-refractivity contribution is 0.0702. The van der Waals surface area contributed by atoms with E-state index in [1.165, 1.54) is 19.3 Å². The van der Waals surface area contributed by atoms with Crippen LogP contribution in [0.25, 0.3) is 0 Å². The van der Waals surface area contributed by atoms with Crippen molar-refractivity contribution in [1.82, 2.24) is 14.8 Å². The molecule has 1 aliphatic carbocycles. The highest BCUT2D eigenvalue weighted by atomic mass is 32.1. The van der Waals surface area contributed by atoms with Crippen molar-refractivity contribution in [1.29, 1.82) is 0 Å². The van der Waals surface area contributed by atoms with Crippen molar-refractivity contribution in [3.63, 3.8) is 0 Å². The number of hydrogen-bond donors (Lipinski definition) is 1. The average Bonchev–Trinajstić information content (AvgIpc) is 2.55. The molecule has 1 heterocycles. The largest absolute Gasteiger partial charge is 0.301 e. The van der Waals surface area contributed by atoms with Gasteiger partial charge in [-0.05, 0) is 42.3 Å². The lowest BCUT2D eigenvalue weighted by Gasteiger charge is -2.45. The van der Waals surface area contributed by atoms with Crippen molar-refractivity contribution >= 4 is 12.2 Å². The summed E-state index contributed by atoms with van der Waals surface area (Å²) in [5, 5.41) is 7.42. The van der Waals surface area contributed by atoms with Crippen molar-refractivity contribution in [2.75, 3.05) is 0 Å². The normalized spacial score (nSPS) is 22.9. The number of rotatable bonds is 2. The molecule has 19 heavy (non-hydrogen) atoms. The van der Waals surface area contributed by atoms with Crippen LogP contribution in [0.5, 0.6) is 0 Å². The van der Waals surface area contributed by atoms with Gasteiger partial charge in [-0.2, -0.15) is 5.10 Å². The van der Waals surface area contributed by atoms with Gasteiger partial charge in [-0.1, -0.05) is 41.5 Å². The van der Waals surface area contributed by atoms with Gasteiger partial charge >= 0.3 is 0 Å². The van der Waals surface area contributed by atoms with E-state index in [9.17, 15) is 0 Å². The maximum Gasteiger partial charge on any atom is 0.195 e. The minimum absolute atomic E-state index is 0.368. The third kappa shape index (κ3) is 3.10. The summed E-state index contributed by atoms with van der Waals surface area (Å²) in [4.78, 5) is 0. The first kappa shape index (κ1) is 14.8. The molecule has 1 saturated carbocycles. The minimum Gasteiger partial charge on any atom is -0.301 e. The van der Waals surface area contributed by atoms with Gasteiger partial charge in [0.15, 0.2) is 4.77 Å². The summed E-state index contributed by atoms with van der Waals surface area (Å²) in [6.45, 7) is 13.9. The summed E-state index contributed by atoms with van der Waals surface area (Å²) in [5.74, 6) is 1.50. The molecule has 4 heteroatoms. The predicted octanol–water partition coefficient (Wildman–Crippen LogP) is 4.84. The van der Waals surface area contributed by atoms with Crippen LogP contribution < -0.4 is 0 Å². The molecule has 0 atom stereocenters. The maximum atomic E-state index is 5.47. The van der Waals surface area contributed by atoms with Crippen LogP contribution in [0.4, 0.5) is 0 Å². The topological polar surface area (TPSA) is 33.6 Å². The summed E-state index contributed by atoms with van der Waals surface area (Å²) in [7, 11) is 0. The van der Waals surface area contributed by atoms with Crippen molar-refractivity contribution in [2.45, 2.75) is 72.8 Å². The Hall–Kier alpha value is -0.640. The molecule has 3 nitrogen and oxygen atoms in total. The Morgan fingerprint density at radius 2 is 1.74 bits per heavy atom. The van der Waals surface area contributed by atoms with Crippen molar-refractivity contribution in [2.24, 2.45) is 10.8 Å². The monoisotopic (exact) mass is 281 g/mol. The van der Waals surface area contributed by atoms with Crippen LogP contribution in [-0.2, 0) is 0 Å². The smallest absolute Gasteiger partial charge is 0.195 e. The molecular formula is C15H27N3S. The molecule has 1 aromatic rings. The second-order valence-electron chi connectivity index (χ2n) is 7.98. The van der Waals surface area contributed by atoms with E-state index in [0.717, 1.165) is 10.6 Å². The fraction of sp³-hybridized carbons (Fsp3) is 0.867. The molecule has 0 aliphatic heterocycles. The van der Waals surface area contributed by atoms with Crippen molar-refractivity contribution in [3.05, 3.63) is 10.6 Å². The van der Waals surface area contributed by atoms with Gasteiger partial charge in [0.2, 0.25) is 0 Å². The number of aromatic nitrogens is 3. The Balaban J connectivity index is 2.41. The standard InChI is InChI=1S/C15H27N3S/c1-10(2)12-16-17-13(19)18(12)11-7-14(3,4)9-15(5,6)8-11/h10-11H,7-9H2,1-6H3,(H,17,19). The van der Waals surface area contributed by atoms with Crippen LogP contribution in [0, 0.1) is 15.6 Å². The Morgan fingerprint density at radius 1 is 1.21 bits per heavy atom. The van der Waals surface area contributed by atoms with Gasteiger partial charge in [-0.3, -0.25) is 5.10 Å². The molecule has 0 saturated heterocycles. The van der Waals surface area contributed by atoms with Gasteiger partial charge < -0.3 is 4.57 Å². The summed E-state index contributed by atoms with van der Waals surface area (Å²) in [6.07, 6.45) is 3.65. The predicted molar refractivity (Wildman–Crippen MR) is 82.0 cm³/mol. The molecule has 1 aromatic heterocycles. The minimum atomic E-state index is 0.368. The van der Waals surface area contributed by atoms with E-state index in [1.807, 2.05) is 0 Å². The molecule has 0 amide bonds. The van der Waals surface area contributed by atoms with Crippen LogP contribution in [0.3, 0.4) is 0 Å². The number of aromatic amines is 1. The second kappa shape index (κ2) is 4.72. The third-order valence-electron chi connectivity index (χ3n) is 4.15. The number of H-pyrrole nitrogens is 1. The number of nitrogens with one attached hydrogen (secondary N) is 1. The van der Waals surface area contributed by atoms with Crippen LogP contribution in [0.2, 0.25) is 0 Å². The van der Waals surface area contributed by atoms with Crippen LogP contribution >= 0.6 is 12.2 Å². The van der Waals surface area contributed by atoms with E-state index in [4.69, 9.17) is 12.2 Å². The number of hydrogen-bond acceptors (Lipinski definition) is 2. The summed E-state index contributed by atoms with van der Waals surface area (Å²) in [5.41, 5.74) is 0.736. The Labute approximate surface area is 121 Å². The van der Waals surface area contributed by atoms with E-state index in [2.05, 4.69) is 56.3 Å². The van der Waals surface area contributed by atoms with Crippen molar-refractivity contribution in [3.8, 4) is 0 Å². The maximum absolute atomic E-state index is 5.47. The molecule has 2 rings (SSSR count). The highest BCUT2D eigenvalue weighted by Crippen LogP contribution is 2.50. The molecule has 1 fully saturated rings. The first-order valence-corrected chi connectivity index (χ1v) is 7.69. The molecule has 108 valence electrons. The first-order valence-electron chi connectivity index (χ1n) is 7.28. The van der Waals surface area contributed by atoms with Crippen LogP contribution in [-0.4, -0.2) is 14.8 Å². The molecule has 0 spiro atoms. The van der Waals surface area contributed by atoms with E-state index in [1.54, 1.807) is 0 Å². The van der Waals surface area contributed by atoms with Gasteiger partial charge in [0.05, 0.1) is 0 Å². The SMILES string of the molecule is CC(C)c1n[nH]c(=S)n1C1CC(C)(C)CC(C)(C)C1. The molecule has 1 aliphatic rings. The quantitative estimate of drug-likeness (QED) is 0.787. The lowest BCUT2D eigenvalue weighted by atomic mass is 9.63. The molecular weight excluding hydrogens is 254 g/mol. The summed E-state index contributed by atoms with van der Waals surface area (Å²) < 4.78 is 3.06. The van der Waals surface area contributed by atoms with Gasteiger partial charge in [-0.15, -0.1) is 0 Å². The second-order valence-corrected chi connectivity index (χ2v) is 8.37. The number of nitrogens with zero attached hydrogens (tertiary/aromatic N) is 2.